The quantitative estimate of drug-likeness (QED) is 0.777. The predicted molar refractivity (Wildman–Crippen MR) is 53.9 cm³/mol. The lowest BCUT2D eigenvalue weighted by Crippen LogP contribution is -2.14. The van der Waals surface area contributed by atoms with Gasteiger partial charge < -0.3 is 0 Å². The van der Waals surface area contributed by atoms with Crippen LogP contribution in [-0.4, -0.2) is 14.8 Å². The van der Waals surface area contributed by atoms with Gasteiger partial charge in [-0.2, -0.15) is 5.26 Å². The third-order valence-electron chi connectivity index (χ3n) is 1.96. The molecule has 0 amide bonds. The van der Waals surface area contributed by atoms with Gasteiger partial charge in [0.1, 0.15) is 6.54 Å². The summed E-state index contributed by atoms with van der Waals surface area (Å²) in [6.07, 6.45) is 1.65. The largest absolute Gasteiger partial charge is 0.292 e. The van der Waals surface area contributed by atoms with Gasteiger partial charge in [0.25, 0.3) is 5.56 Å². The molecule has 2 aromatic heterocycles. The smallest absolute Gasteiger partial charge is 0.268 e. The molecule has 15 heavy (non-hydrogen) atoms. The van der Waals surface area contributed by atoms with Crippen molar-refractivity contribution < 1.29 is 0 Å². The average molecular weight is 200 g/mol. The lowest BCUT2D eigenvalue weighted by molar-refractivity contribution is 0.687. The first-order valence-electron chi connectivity index (χ1n) is 4.39. The van der Waals surface area contributed by atoms with Gasteiger partial charge in [0.15, 0.2) is 0 Å². The first kappa shape index (κ1) is 9.21. The highest BCUT2D eigenvalue weighted by atomic mass is 16.1. The normalized spacial score (nSPS) is 9.80. The van der Waals surface area contributed by atoms with Crippen molar-refractivity contribution in [3.8, 4) is 17.5 Å². The van der Waals surface area contributed by atoms with Crippen LogP contribution in [-0.2, 0) is 6.54 Å². The number of nitrogens with zero attached hydrogens (tertiary/aromatic N) is 3. The van der Waals surface area contributed by atoms with Crippen molar-refractivity contribution in [2.75, 3.05) is 0 Å². The fourth-order valence-electron chi connectivity index (χ4n) is 1.28. The number of pyridine rings is 1. The van der Waals surface area contributed by atoms with Gasteiger partial charge in [-0.1, -0.05) is 6.07 Å². The number of hydrogen-bond donors (Lipinski definition) is 1. The predicted octanol–water partition coefficient (Wildman–Crippen LogP) is 0.762. The molecule has 2 heterocycles. The zero-order valence-electron chi connectivity index (χ0n) is 7.84. The summed E-state index contributed by atoms with van der Waals surface area (Å²) in [7, 11) is 0. The van der Waals surface area contributed by atoms with Crippen molar-refractivity contribution in [2.24, 2.45) is 0 Å². The molecule has 0 fully saturated rings. The van der Waals surface area contributed by atoms with Crippen LogP contribution in [0.4, 0.5) is 0 Å². The number of nitrogens with one attached hydrogen (secondary N) is 1. The minimum absolute atomic E-state index is 0.0195. The zero-order valence-corrected chi connectivity index (χ0v) is 7.84. The van der Waals surface area contributed by atoms with Crippen molar-refractivity contribution in [1.29, 1.82) is 5.26 Å². The highest BCUT2D eigenvalue weighted by Crippen LogP contribution is 2.10. The van der Waals surface area contributed by atoms with E-state index >= 15 is 0 Å². The molecule has 0 aliphatic carbocycles. The van der Waals surface area contributed by atoms with Crippen molar-refractivity contribution in [3.63, 3.8) is 0 Å². The maximum atomic E-state index is 11.4. The molecule has 5 nitrogen and oxygen atoms in total. The topological polar surface area (TPSA) is 74.5 Å². The molecule has 1 N–H and O–H groups in total. The van der Waals surface area contributed by atoms with Crippen molar-refractivity contribution in [3.05, 3.63) is 40.8 Å². The van der Waals surface area contributed by atoms with Crippen LogP contribution < -0.4 is 5.56 Å². The van der Waals surface area contributed by atoms with E-state index in [4.69, 9.17) is 5.26 Å². The van der Waals surface area contributed by atoms with E-state index < -0.39 is 0 Å². The Morgan fingerprint density at radius 2 is 2.40 bits per heavy atom. The molecule has 0 spiro atoms. The lowest BCUT2D eigenvalue weighted by atomic mass is 10.3. The molecule has 0 atom stereocenters. The number of rotatable bonds is 2. The maximum Gasteiger partial charge on any atom is 0.268 e. The first-order valence-corrected chi connectivity index (χ1v) is 4.39. The number of nitriles is 1. The number of aromatic amines is 1. The van der Waals surface area contributed by atoms with Gasteiger partial charge in [0, 0.05) is 12.3 Å². The summed E-state index contributed by atoms with van der Waals surface area (Å²) in [6, 6.07) is 8.76. The Labute approximate surface area is 85.6 Å². The molecule has 0 bridgehead atoms. The zero-order chi connectivity index (χ0) is 10.7. The van der Waals surface area contributed by atoms with Crippen molar-refractivity contribution >= 4 is 0 Å². The molecule has 0 saturated heterocycles. The van der Waals surface area contributed by atoms with Crippen LogP contribution in [0.25, 0.3) is 11.4 Å². The van der Waals surface area contributed by atoms with Crippen molar-refractivity contribution in [2.45, 2.75) is 6.54 Å². The summed E-state index contributed by atoms with van der Waals surface area (Å²) < 4.78 is 1.24. The van der Waals surface area contributed by atoms with E-state index in [1.54, 1.807) is 18.3 Å². The molecule has 0 aromatic carbocycles. The van der Waals surface area contributed by atoms with Crippen LogP contribution in [0.2, 0.25) is 0 Å². The van der Waals surface area contributed by atoms with E-state index in [1.165, 1.54) is 10.7 Å². The summed E-state index contributed by atoms with van der Waals surface area (Å²) in [5.74, 6) is 0. The van der Waals surface area contributed by atoms with E-state index in [0.717, 1.165) is 0 Å². The Balaban J connectivity index is 2.44. The molecule has 0 aliphatic rings. The van der Waals surface area contributed by atoms with Gasteiger partial charge in [-0.15, -0.1) is 0 Å². The Bertz CT molecular complexity index is 547. The Morgan fingerprint density at radius 1 is 1.53 bits per heavy atom. The molecule has 0 radical (unpaired) electrons. The van der Waals surface area contributed by atoms with Crippen LogP contribution in [0.5, 0.6) is 0 Å². The van der Waals surface area contributed by atoms with Gasteiger partial charge in [-0.25, -0.2) is 4.68 Å². The SMILES string of the molecule is N#CCn1[nH]c(-c2ccccn2)cc1=O. The second kappa shape index (κ2) is 3.80. The van der Waals surface area contributed by atoms with Crippen LogP contribution in [0.3, 0.4) is 0 Å². The summed E-state index contributed by atoms with van der Waals surface area (Å²) >= 11 is 0. The summed E-state index contributed by atoms with van der Waals surface area (Å²) in [5.41, 5.74) is 1.08. The van der Waals surface area contributed by atoms with E-state index in [1.807, 2.05) is 12.1 Å². The molecule has 0 aliphatic heterocycles. The van der Waals surface area contributed by atoms with Gasteiger partial charge in [0.2, 0.25) is 0 Å². The standard InChI is InChI=1S/C10H8N4O/c11-4-6-14-10(15)7-9(13-14)8-3-1-2-5-12-8/h1-3,5,7,13H,6H2. The van der Waals surface area contributed by atoms with Gasteiger partial charge in [-0.3, -0.25) is 14.9 Å². The van der Waals surface area contributed by atoms with Gasteiger partial charge in [-0.05, 0) is 12.1 Å². The van der Waals surface area contributed by atoms with E-state index in [-0.39, 0.29) is 12.1 Å². The van der Waals surface area contributed by atoms with Gasteiger partial charge >= 0.3 is 0 Å². The second-order valence-corrected chi connectivity index (χ2v) is 2.97. The second-order valence-electron chi connectivity index (χ2n) is 2.97. The van der Waals surface area contributed by atoms with E-state index in [2.05, 4.69) is 10.1 Å². The first-order chi connectivity index (χ1) is 7.31. The van der Waals surface area contributed by atoms with Crippen LogP contribution in [0.1, 0.15) is 0 Å². The number of aromatic nitrogens is 3. The molecule has 5 heteroatoms. The average Bonchev–Trinajstić information content (AvgIpc) is 2.63. The molecule has 74 valence electrons. The maximum absolute atomic E-state index is 11.4. The monoisotopic (exact) mass is 200 g/mol. The lowest BCUT2D eigenvalue weighted by Gasteiger charge is -1.95. The fraction of sp³-hybridized carbons (Fsp3) is 0.100. The highest BCUT2D eigenvalue weighted by molar-refractivity contribution is 5.52. The minimum atomic E-state index is -0.225. The fourth-order valence-corrected chi connectivity index (χ4v) is 1.28. The third-order valence-corrected chi connectivity index (χ3v) is 1.96. The molecule has 2 aromatic rings. The molecule has 0 unspecified atom stereocenters. The molecular formula is C10H8N4O. The summed E-state index contributed by atoms with van der Waals surface area (Å²) in [4.78, 5) is 15.5. The van der Waals surface area contributed by atoms with Crippen LogP contribution in [0, 0.1) is 11.3 Å². The minimum Gasteiger partial charge on any atom is -0.292 e. The number of hydrogen-bond acceptors (Lipinski definition) is 3. The van der Waals surface area contributed by atoms with E-state index in [9.17, 15) is 4.79 Å². The number of H-pyrrole nitrogens is 1. The highest BCUT2D eigenvalue weighted by Gasteiger charge is 2.04. The van der Waals surface area contributed by atoms with Crippen LogP contribution in [0.15, 0.2) is 35.3 Å². The molecule has 2 rings (SSSR count). The Hall–Kier alpha value is -2.35. The molecular weight excluding hydrogens is 192 g/mol. The van der Waals surface area contributed by atoms with Gasteiger partial charge in [0.05, 0.1) is 17.5 Å². The van der Waals surface area contributed by atoms with Crippen LogP contribution >= 0.6 is 0 Å². The summed E-state index contributed by atoms with van der Waals surface area (Å²) in [6.45, 7) is 0.0195. The third kappa shape index (κ3) is 1.79. The Kier molecular flexibility index (Phi) is 2.33. The summed E-state index contributed by atoms with van der Waals surface area (Å²) in [5, 5.41) is 11.3. The van der Waals surface area contributed by atoms with E-state index in [0.29, 0.717) is 11.4 Å². The van der Waals surface area contributed by atoms with Crippen molar-refractivity contribution in [1.82, 2.24) is 14.8 Å². The Morgan fingerprint density at radius 3 is 3.07 bits per heavy atom. The molecule has 0 saturated carbocycles.